The van der Waals surface area contributed by atoms with Gasteiger partial charge in [-0.15, -0.1) is 11.6 Å². The summed E-state index contributed by atoms with van der Waals surface area (Å²) in [4.78, 5) is 4.42. The second kappa shape index (κ2) is 5.47. The average Bonchev–Trinajstić information content (AvgIpc) is 2.87. The Kier molecular flexibility index (Phi) is 3.66. The van der Waals surface area contributed by atoms with Crippen molar-refractivity contribution in [3.8, 4) is 11.8 Å². The molecule has 3 nitrogen and oxygen atoms in total. The SMILES string of the molecule is N#Cc1ccc2nc(CCl)n(-c3ccc(Br)c(F)c3)c2c1. The largest absolute Gasteiger partial charge is 0.295 e. The highest BCUT2D eigenvalue weighted by atomic mass is 79.9. The molecule has 0 radical (unpaired) electrons. The lowest BCUT2D eigenvalue weighted by Crippen LogP contribution is -2.00. The molecule has 0 fully saturated rings. The maximum absolute atomic E-state index is 13.8. The van der Waals surface area contributed by atoms with Crippen molar-refractivity contribution in [1.29, 1.82) is 5.26 Å². The number of alkyl halides is 1. The van der Waals surface area contributed by atoms with Crippen LogP contribution in [0.3, 0.4) is 0 Å². The molecule has 0 aliphatic heterocycles. The van der Waals surface area contributed by atoms with Crippen LogP contribution in [-0.2, 0) is 5.88 Å². The van der Waals surface area contributed by atoms with Crippen molar-refractivity contribution in [1.82, 2.24) is 9.55 Å². The highest BCUT2D eigenvalue weighted by Gasteiger charge is 2.13. The minimum absolute atomic E-state index is 0.189. The lowest BCUT2D eigenvalue weighted by Gasteiger charge is -2.08. The molecular formula is C15H8BrClFN3. The van der Waals surface area contributed by atoms with Crippen molar-refractivity contribution >= 4 is 38.6 Å². The first-order chi connectivity index (χ1) is 10.1. The van der Waals surface area contributed by atoms with Crippen molar-refractivity contribution in [3.63, 3.8) is 0 Å². The number of fused-ring (bicyclic) bond motifs is 1. The molecule has 0 saturated carbocycles. The Morgan fingerprint density at radius 2 is 2.10 bits per heavy atom. The highest BCUT2D eigenvalue weighted by molar-refractivity contribution is 9.10. The van der Waals surface area contributed by atoms with E-state index in [0.29, 0.717) is 27.1 Å². The van der Waals surface area contributed by atoms with Crippen LogP contribution in [0.2, 0.25) is 0 Å². The molecule has 21 heavy (non-hydrogen) atoms. The van der Waals surface area contributed by atoms with E-state index < -0.39 is 0 Å². The number of nitrogens with zero attached hydrogens (tertiary/aromatic N) is 3. The van der Waals surface area contributed by atoms with Crippen LogP contribution in [0, 0.1) is 17.1 Å². The van der Waals surface area contributed by atoms with E-state index >= 15 is 0 Å². The Labute approximate surface area is 133 Å². The van der Waals surface area contributed by atoms with Gasteiger partial charge in [-0.25, -0.2) is 9.37 Å². The highest BCUT2D eigenvalue weighted by Crippen LogP contribution is 2.26. The van der Waals surface area contributed by atoms with Gasteiger partial charge in [-0.3, -0.25) is 4.57 Å². The molecule has 0 aliphatic carbocycles. The lowest BCUT2D eigenvalue weighted by molar-refractivity contribution is 0.620. The second-order valence-corrected chi connectivity index (χ2v) is 5.53. The maximum atomic E-state index is 13.8. The Hall–Kier alpha value is -1.90. The molecule has 0 saturated heterocycles. The van der Waals surface area contributed by atoms with Crippen molar-refractivity contribution in [2.45, 2.75) is 5.88 Å². The van der Waals surface area contributed by atoms with E-state index in [2.05, 4.69) is 27.0 Å². The first-order valence-electron chi connectivity index (χ1n) is 6.07. The second-order valence-electron chi connectivity index (χ2n) is 4.41. The predicted molar refractivity (Wildman–Crippen MR) is 83.0 cm³/mol. The van der Waals surface area contributed by atoms with E-state index in [1.807, 2.05) is 0 Å². The zero-order valence-corrected chi connectivity index (χ0v) is 13.0. The van der Waals surface area contributed by atoms with Crippen molar-refractivity contribution < 1.29 is 4.39 Å². The summed E-state index contributed by atoms with van der Waals surface area (Å²) in [5.74, 6) is 0.420. The normalized spacial score (nSPS) is 10.8. The van der Waals surface area contributed by atoms with Crippen LogP contribution in [0.5, 0.6) is 0 Å². The van der Waals surface area contributed by atoms with Crippen LogP contribution >= 0.6 is 27.5 Å². The van der Waals surface area contributed by atoms with Crippen LogP contribution in [0.25, 0.3) is 16.7 Å². The molecule has 3 aromatic rings. The van der Waals surface area contributed by atoms with Crippen LogP contribution in [0.4, 0.5) is 4.39 Å². The van der Waals surface area contributed by atoms with E-state index in [9.17, 15) is 4.39 Å². The fourth-order valence-corrected chi connectivity index (χ4v) is 2.62. The predicted octanol–water partition coefficient (Wildman–Crippen LogP) is 4.54. The van der Waals surface area contributed by atoms with Gasteiger partial charge in [0.2, 0.25) is 0 Å². The monoisotopic (exact) mass is 363 g/mol. The van der Waals surface area contributed by atoms with Crippen LogP contribution in [0.1, 0.15) is 11.4 Å². The third-order valence-corrected chi connectivity index (χ3v) is 4.02. The standard InChI is InChI=1S/C15H8BrClFN3/c16-11-3-2-10(6-12(11)18)21-14-5-9(8-19)1-4-13(14)20-15(21)7-17/h1-6H,7H2. The number of rotatable bonds is 2. The summed E-state index contributed by atoms with van der Waals surface area (Å²) in [7, 11) is 0. The lowest BCUT2D eigenvalue weighted by atomic mass is 10.2. The van der Waals surface area contributed by atoms with Crippen LogP contribution in [0.15, 0.2) is 40.9 Å². The molecule has 0 bridgehead atoms. The summed E-state index contributed by atoms with van der Waals surface area (Å²) >= 11 is 9.08. The number of aromatic nitrogens is 2. The number of halogens is 3. The van der Waals surface area contributed by atoms with Gasteiger partial charge in [-0.1, -0.05) is 0 Å². The van der Waals surface area contributed by atoms with Crippen LogP contribution in [-0.4, -0.2) is 9.55 Å². The van der Waals surface area contributed by atoms with Gasteiger partial charge in [0.25, 0.3) is 0 Å². The van der Waals surface area contributed by atoms with Gasteiger partial charge in [0.15, 0.2) is 0 Å². The zero-order chi connectivity index (χ0) is 15.0. The van der Waals surface area contributed by atoms with E-state index in [4.69, 9.17) is 16.9 Å². The Balaban J connectivity index is 2.33. The summed E-state index contributed by atoms with van der Waals surface area (Å²) < 4.78 is 15.9. The molecule has 2 aromatic carbocycles. The van der Waals surface area contributed by atoms with Gasteiger partial charge < -0.3 is 0 Å². The van der Waals surface area contributed by atoms with Crippen molar-refractivity contribution in [2.24, 2.45) is 0 Å². The third kappa shape index (κ3) is 2.41. The molecule has 0 aliphatic rings. The molecule has 0 N–H and O–H groups in total. The van der Waals surface area contributed by atoms with E-state index in [1.165, 1.54) is 6.07 Å². The fraction of sp³-hybridized carbons (Fsp3) is 0.0667. The van der Waals surface area contributed by atoms with Crippen molar-refractivity contribution in [3.05, 3.63) is 58.1 Å². The van der Waals surface area contributed by atoms with Gasteiger partial charge in [0.05, 0.1) is 38.7 Å². The Morgan fingerprint density at radius 1 is 1.29 bits per heavy atom. The first-order valence-corrected chi connectivity index (χ1v) is 7.39. The molecule has 0 atom stereocenters. The summed E-state index contributed by atoms with van der Waals surface area (Å²) in [6.45, 7) is 0. The number of nitriles is 1. The first kappa shape index (κ1) is 14.1. The molecule has 6 heteroatoms. The van der Waals surface area contributed by atoms with Gasteiger partial charge in [-0.05, 0) is 52.3 Å². The van der Waals surface area contributed by atoms with Crippen LogP contribution < -0.4 is 0 Å². The molecule has 1 heterocycles. The van der Waals surface area contributed by atoms with E-state index in [0.717, 1.165) is 5.52 Å². The topological polar surface area (TPSA) is 41.6 Å². The van der Waals surface area contributed by atoms with Gasteiger partial charge in [-0.2, -0.15) is 5.26 Å². The minimum Gasteiger partial charge on any atom is -0.295 e. The third-order valence-electron chi connectivity index (χ3n) is 3.13. The molecule has 104 valence electrons. The van der Waals surface area contributed by atoms with E-state index in [-0.39, 0.29) is 11.7 Å². The smallest absolute Gasteiger partial charge is 0.139 e. The quantitative estimate of drug-likeness (QED) is 0.627. The zero-order valence-electron chi connectivity index (χ0n) is 10.6. The molecule has 0 unspecified atom stereocenters. The number of benzene rings is 2. The Morgan fingerprint density at radius 3 is 2.76 bits per heavy atom. The van der Waals surface area contributed by atoms with E-state index in [1.54, 1.807) is 34.9 Å². The average molecular weight is 365 g/mol. The molecule has 1 aromatic heterocycles. The number of hydrogen-bond acceptors (Lipinski definition) is 2. The van der Waals surface area contributed by atoms with Gasteiger partial charge in [0.1, 0.15) is 11.6 Å². The fourth-order valence-electron chi connectivity index (χ4n) is 2.20. The molecular weight excluding hydrogens is 357 g/mol. The Bertz CT molecular complexity index is 882. The molecule has 0 amide bonds. The number of imidazole rings is 1. The summed E-state index contributed by atoms with van der Waals surface area (Å²) in [5, 5.41) is 9.03. The van der Waals surface area contributed by atoms with Gasteiger partial charge in [0, 0.05) is 0 Å². The minimum atomic E-state index is -0.369. The maximum Gasteiger partial charge on any atom is 0.139 e. The number of hydrogen-bond donors (Lipinski definition) is 0. The molecule has 0 spiro atoms. The van der Waals surface area contributed by atoms with Gasteiger partial charge >= 0.3 is 0 Å². The summed E-state index contributed by atoms with van der Waals surface area (Å²) in [6.07, 6.45) is 0. The summed E-state index contributed by atoms with van der Waals surface area (Å²) in [5.41, 5.74) is 2.57. The molecule has 3 rings (SSSR count). The summed E-state index contributed by atoms with van der Waals surface area (Å²) in [6, 6.07) is 12.1. The van der Waals surface area contributed by atoms with Crippen molar-refractivity contribution in [2.75, 3.05) is 0 Å².